The van der Waals surface area contributed by atoms with Gasteiger partial charge in [0.05, 0.1) is 17.0 Å². The SMILES string of the molecule is COC(=O)[C@H]1CCC2[C@@H]3CC[C@H]4NC(=O)[C@H](I)C[C@]4(C)C3CC[C@@]21C. The van der Waals surface area contributed by atoms with Gasteiger partial charge in [-0.05, 0) is 73.5 Å². The van der Waals surface area contributed by atoms with Gasteiger partial charge in [0, 0.05) is 6.04 Å². The molecule has 140 valence electrons. The first kappa shape index (κ1) is 18.1. The second-order valence-electron chi connectivity index (χ2n) is 9.39. The molecule has 5 heteroatoms. The fourth-order valence-electron chi connectivity index (χ4n) is 7.26. The second-order valence-corrected chi connectivity index (χ2v) is 10.9. The van der Waals surface area contributed by atoms with Crippen molar-refractivity contribution in [1.82, 2.24) is 5.32 Å². The van der Waals surface area contributed by atoms with Gasteiger partial charge in [0.25, 0.3) is 0 Å². The molecular formula is C20H30INO3. The van der Waals surface area contributed by atoms with Gasteiger partial charge < -0.3 is 10.1 Å². The highest BCUT2D eigenvalue weighted by atomic mass is 127. The van der Waals surface area contributed by atoms with Crippen LogP contribution in [-0.2, 0) is 14.3 Å². The van der Waals surface area contributed by atoms with Crippen molar-refractivity contribution in [2.24, 2.45) is 34.5 Å². The van der Waals surface area contributed by atoms with Crippen molar-refractivity contribution in [3.05, 3.63) is 0 Å². The average Bonchev–Trinajstić information content (AvgIpc) is 2.93. The van der Waals surface area contributed by atoms with Gasteiger partial charge >= 0.3 is 5.97 Å². The Morgan fingerprint density at radius 2 is 1.84 bits per heavy atom. The van der Waals surface area contributed by atoms with E-state index >= 15 is 0 Å². The van der Waals surface area contributed by atoms with Crippen molar-refractivity contribution in [3.8, 4) is 0 Å². The van der Waals surface area contributed by atoms with E-state index in [1.165, 1.54) is 20.0 Å². The molecule has 1 saturated heterocycles. The zero-order valence-corrected chi connectivity index (χ0v) is 17.7. The minimum absolute atomic E-state index is 0.000559. The molecule has 4 rings (SSSR count). The van der Waals surface area contributed by atoms with Crippen LogP contribution < -0.4 is 5.32 Å². The first-order valence-electron chi connectivity index (χ1n) is 9.83. The van der Waals surface area contributed by atoms with Crippen LogP contribution in [0, 0.1) is 34.5 Å². The van der Waals surface area contributed by atoms with Crippen molar-refractivity contribution < 1.29 is 14.3 Å². The van der Waals surface area contributed by atoms with E-state index < -0.39 is 0 Å². The summed E-state index contributed by atoms with van der Waals surface area (Å²) in [6, 6.07) is 0.342. The standard InChI is InChI=1S/C20H30INO3/c1-19-9-8-13-11(12(19)5-6-14(19)18(24)25-3)4-7-16-20(13,2)10-15(21)17(23)22-16/h11-16H,4-10H2,1-3H3,(H,22,23)/t11-,12?,13?,14+,15+,16+,19-,20+/m0/s1. The summed E-state index contributed by atoms with van der Waals surface area (Å²) in [5.74, 6) is 2.33. The summed E-state index contributed by atoms with van der Waals surface area (Å²) < 4.78 is 5.22. The molecule has 1 N–H and O–H groups in total. The molecule has 0 aromatic rings. The predicted molar refractivity (Wildman–Crippen MR) is 104 cm³/mol. The fourth-order valence-corrected chi connectivity index (χ4v) is 8.39. The predicted octanol–water partition coefficient (Wildman–Crippen LogP) is 3.71. The number of methoxy groups -OCH3 is 1. The number of esters is 1. The van der Waals surface area contributed by atoms with Crippen LogP contribution in [-0.4, -0.2) is 29.0 Å². The third-order valence-corrected chi connectivity index (χ3v) is 9.58. The van der Waals surface area contributed by atoms with Gasteiger partial charge in [-0.25, -0.2) is 0 Å². The molecule has 25 heavy (non-hydrogen) atoms. The smallest absolute Gasteiger partial charge is 0.309 e. The third-order valence-electron chi connectivity index (χ3n) is 8.57. The minimum Gasteiger partial charge on any atom is -0.469 e. The highest BCUT2D eigenvalue weighted by Gasteiger charge is 2.62. The average molecular weight is 459 g/mol. The van der Waals surface area contributed by atoms with Crippen molar-refractivity contribution in [1.29, 1.82) is 0 Å². The molecule has 0 bridgehead atoms. The number of ether oxygens (including phenoxy) is 1. The summed E-state index contributed by atoms with van der Waals surface area (Å²) >= 11 is 2.32. The van der Waals surface area contributed by atoms with Crippen molar-refractivity contribution in [3.63, 3.8) is 0 Å². The monoisotopic (exact) mass is 459 g/mol. The van der Waals surface area contributed by atoms with Gasteiger partial charge in [-0.2, -0.15) is 0 Å². The van der Waals surface area contributed by atoms with Gasteiger partial charge in [0.1, 0.15) is 0 Å². The number of alkyl halides is 1. The lowest BCUT2D eigenvalue weighted by molar-refractivity contribution is -0.155. The van der Waals surface area contributed by atoms with Crippen LogP contribution in [0.2, 0.25) is 0 Å². The molecule has 4 nitrogen and oxygen atoms in total. The first-order valence-corrected chi connectivity index (χ1v) is 11.1. The fraction of sp³-hybridized carbons (Fsp3) is 0.900. The molecular weight excluding hydrogens is 429 g/mol. The van der Waals surface area contributed by atoms with E-state index in [4.69, 9.17) is 4.74 Å². The third kappa shape index (κ3) is 2.50. The van der Waals surface area contributed by atoms with Crippen molar-refractivity contribution in [2.75, 3.05) is 7.11 Å². The lowest BCUT2D eigenvalue weighted by atomic mass is 9.47. The first-order chi connectivity index (χ1) is 11.8. The molecule has 0 radical (unpaired) electrons. The maximum absolute atomic E-state index is 12.3. The van der Waals surface area contributed by atoms with Crippen LogP contribution in [0.5, 0.6) is 0 Å². The molecule has 0 aromatic heterocycles. The Hall–Kier alpha value is -0.330. The number of hydrogen-bond acceptors (Lipinski definition) is 3. The molecule has 1 amide bonds. The van der Waals surface area contributed by atoms with E-state index in [1.807, 2.05) is 0 Å². The number of halogens is 1. The Balaban J connectivity index is 1.62. The molecule has 1 aliphatic heterocycles. The highest BCUT2D eigenvalue weighted by Crippen LogP contribution is 2.65. The quantitative estimate of drug-likeness (QED) is 0.370. The van der Waals surface area contributed by atoms with Crippen molar-refractivity contribution in [2.45, 2.75) is 68.8 Å². The van der Waals surface area contributed by atoms with E-state index in [1.54, 1.807) is 0 Å². The number of piperidine rings is 1. The number of hydrogen-bond donors (Lipinski definition) is 1. The minimum atomic E-state index is 0.000559. The molecule has 3 aliphatic carbocycles. The highest BCUT2D eigenvalue weighted by molar-refractivity contribution is 14.1. The summed E-state index contributed by atoms with van der Waals surface area (Å²) in [4.78, 5) is 24.5. The summed E-state index contributed by atoms with van der Waals surface area (Å²) in [7, 11) is 1.53. The van der Waals surface area contributed by atoms with E-state index in [2.05, 4.69) is 41.8 Å². The number of fused-ring (bicyclic) bond motifs is 5. The van der Waals surface area contributed by atoms with Crippen LogP contribution in [0.15, 0.2) is 0 Å². The van der Waals surface area contributed by atoms with Crippen LogP contribution in [0.3, 0.4) is 0 Å². The lowest BCUT2D eigenvalue weighted by Crippen LogP contribution is -2.63. The van der Waals surface area contributed by atoms with Gasteiger partial charge in [-0.15, -0.1) is 0 Å². The molecule has 4 aliphatic rings. The second kappa shape index (κ2) is 6.10. The molecule has 2 unspecified atom stereocenters. The summed E-state index contributed by atoms with van der Waals surface area (Å²) in [6.45, 7) is 4.77. The van der Waals surface area contributed by atoms with Crippen molar-refractivity contribution >= 4 is 34.5 Å². The van der Waals surface area contributed by atoms with E-state index in [0.29, 0.717) is 23.8 Å². The van der Waals surface area contributed by atoms with Crippen LogP contribution in [0.25, 0.3) is 0 Å². The van der Waals surface area contributed by atoms with Gasteiger partial charge in [-0.3, -0.25) is 9.59 Å². The Morgan fingerprint density at radius 1 is 1.12 bits per heavy atom. The number of carbonyl (C=O) groups is 2. The topological polar surface area (TPSA) is 55.4 Å². The van der Waals surface area contributed by atoms with Crippen LogP contribution in [0.1, 0.15) is 58.8 Å². The number of amides is 1. The molecule has 1 heterocycles. The summed E-state index contributed by atoms with van der Waals surface area (Å²) in [6.07, 6.45) is 7.78. The maximum atomic E-state index is 12.3. The van der Waals surface area contributed by atoms with E-state index in [0.717, 1.165) is 32.1 Å². The normalized spacial score (nSPS) is 51.8. The van der Waals surface area contributed by atoms with E-state index in [-0.39, 0.29) is 32.5 Å². The molecule has 0 aromatic carbocycles. The largest absolute Gasteiger partial charge is 0.469 e. The molecule has 3 saturated carbocycles. The Kier molecular flexibility index (Phi) is 4.40. The lowest BCUT2D eigenvalue weighted by Gasteiger charge is -2.60. The Labute approximate surface area is 164 Å². The summed E-state index contributed by atoms with van der Waals surface area (Å²) in [5, 5.41) is 3.33. The zero-order valence-electron chi connectivity index (χ0n) is 15.5. The maximum Gasteiger partial charge on any atom is 0.309 e. The summed E-state index contributed by atoms with van der Waals surface area (Å²) in [5.41, 5.74) is 0.326. The number of nitrogens with one attached hydrogen (secondary N) is 1. The Morgan fingerprint density at radius 3 is 2.56 bits per heavy atom. The molecule has 0 spiro atoms. The number of rotatable bonds is 1. The van der Waals surface area contributed by atoms with Gasteiger partial charge in [0.2, 0.25) is 5.91 Å². The van der Waals surface area contributed by atoms with Gasteiger partial charge in [-0.1, -0.05) is 36.4 Å². The zero-order chi connectivity index (χ0) is 18.0. The molecule has 8 atom stereocenters. The molecule has 4 fully saturated rings. The van der Waals surface area contributed by atoms with Gasteiger partial charge in [0.15, 0.2) is 0 Å². The Bertz CT molecular complexity index is 595. The number of carbonyl (C=O) groups excluding carboxylic acids is 2. The van der Waals surface area contributed by atoms with Crippen LogP contribution >= 0.6 is 22.6 Å². The van der Waals surface area contributed by atoms with E-state index in [9.17, 15) is 9.59 Å². The van der Waals surface area contributed by atoms with Crippen LogP contribution in [0.4, 0.5) is 0 Å².